The molecule has 0 aromatic carbocycles. The standard InChI is InChI=1S/C12H19ClN2OS/c1-8(14)4-3-5-12(16)15-9(2)10-6-7-11(13)17-10/h6-9H,3-5,14H2,1-2H3,(H,15,16). The molecule has 17 heavy (non-hydrogen) atoms. The van der Waals surface area contributed by atoms with Crippen LogP contribution in [0.2, 0.25) is 4.34 Å². The second kappa shape index (κ2) is 6.99. The summed E-state index contributed by atoms with van der Waals surface area (Å²) >= 11 is 7.35. The van der Waals surface area contributed by atoms with Crippen molar-refractivity contribution >= 4 is 28.8 Å². The topological polar surface area (TPSA) is 55.1 Å². The molecule has 1 amide bonds. The summed E-state index contributed by atoms with van der Waals surface area (Å²) in [7, 11) is 0. The molecule has 1 aromatic heterocycles. The van der Waals surface area contributed by atoms with Gasteiger partial charge in [-0.3, -0.25) is 4.79 Å². The third-order valence-corrected chi connectivity index (χ3v) is 3.88. The van der Waals surface area contributed by atoms with Gasteiger partial charge in [0.25, 0.3) is 0 Å². The Morgan fingerprint density at radius 2 is 2.24 bits per heavy atom. The molecule has 2 atom stereocenters. The van der Waals surface area contributed by atoms with Gasteiger partial charge >= 0.3 is 0 Å². The van der Waals surface area contributed by atoms with Crippen molar-refractivity contribution in [3.05, 3.63) is 21.3 Å². The van der Waals surface area contributed by atoms with Crippen molar-refractivity contribution in [2.45, 2.75) is 45.2 Å². The Morgan fingerprint density at radius 3 is 2.76 bits per heavy atom. The molecule has 0 spiro atoms. The summed E-state index contributed by atoms with van der Waals surface area (Å²) in [5.41, 5.74) is 5.63. The first-order valence-electron chi connectivity index (χ1n) is 5.79. The molecule has 0 saturated carbocycles. The maximum atomic E-state index is 11.6. The molecule has 0 radical (unpaired) electrons. The molecule has 0 aliphatic carbocycles. The first kappa shape index (κ1) is 14.5. The van der Waals surface area contributed by atoms with Gasteiger partial charge in [0.1, 0.15) is 0 Å². The fourth-order valence-electron chi connectivity index (χ4n) is 1.53. The van der Waals surface area contributed by atoms with Crippen LogP contribution < -0.4 is 11.1 Å². The first-order valence-corrected chi connectivity index (χ1v) is 6.98. The highest BCUT2D eigenvalue weighted by atomic mass is 35.5. The van der Waals surface area contributed by atoms with Gasteiger partial charge in [-0.05, 0) is 38.8 Å². The Morgan fingerprint density at radius 1 is 1.53 bits per heavy atom. The molecular weight excluding hydrogens is 256 g/mol. The van der Waals surface area contributed by atoms with E-state index in [9.17, 15) is 4.79 Å². The van der Waals surface area contributed by atoms with E-state index in [0.29, 0.717) is 6.42 Å². The molecule has 2 unspecified atom stereocenters. The number of thiophene rings is 1. The van der Waals surface area contributed by atoms with Crippen LogP contribution in [0.5, 0.6) is 0 Å². The lowest BCUT2D eigenvalue weighted by Gasteiger charge is -2.12. The molecule has 1 rings (SSSR count). The highest BCUT2D eigenvalue weighted by Crippen LogP contribution is 2.26. The molecule has 0 saturated heterocycles. The van der Waals surface area contributed by atoms with Crippen LogP contribution in [0.3, 0.4) is 0 Å². The molecule has 0 fully saturated rings. The second-order valence-electron chi connectivity index (χ2n) is 4.30. The molecule has 3 N–H and O–H groups in total. The molecule has 1 heterocycles. The van der Waals surface area contributed by atoms with Crippen LogP contribution in [-0.4, -0.2) is 11.9 Å². The predicted molar refractivity (Wildman–Crippen MR) is 73.4 cm³/mol. The minimum atomic E-state index is 0.0234. The van der Waals surface area contributed by atoms with E-state index in [4.69, 9.17) is 17.3 Å². The summed E-state index contributed by atoms with van der Waals surface area (Å²) in [4.78, 5) is 12.7. The maximum Gasteiger partial charge on any atom is 0.220 e. The van der Waals surface area contributed by atoms with Crippen molar-refractivity contribution in [1.29, 1.82) is 0 Å². The normalized spacial score (nSPS) is 14.4. The lowest BCUT2D eigenvalue weighted by atomic mass is 10.1. The average molecular weight is 275 g/mol. The maximum absolute atomic E-state index is 11.6. The Kier molecular flexibility index (Phi) is 5.95. The number of nitrogens with two attached hydrogens (primary N) is 1. The Balaban J connectivity index is 2.31. The van der Waals surface area contributed by atoms with E-state index < -0.39 is 0 Å². The predicted octanol–water partition coefficient (Wildman–Crippen LogP) is 3.10. The summed E-state index contributed by atoms with van der Waals surface area (Å²) in [6.07, 6.45) is 2.25. The zero-order valence-corrected chi connectivity index (χ0v) is 11.8. The quantitative estimate of drug-likeness (QED) is 0.837. The van der Waals surface area contributed by atoms with Gasteiger partial charge in [-0.1, -0.05) is 11.6 Å². The summed E-state index contributed by atoms with van der Waals surface area (Å²) in [5.74, 6) is 0.0719. The first-order chi connectivity index (χ1) is 7.99. The fraction of sp³-hybridized carbons (Fsp3) is 0.583. The molecule has 5 heteroatoms. The van der Waals surface area contributed by atoms with Crippen LogP contribution in [0, 0.1) is 0 Å². The molecule has 0 aliphatic rings. The van der Waals surface area contributed by atoms with Crippen molar-refractivity contribution < 1.29 is 4.79 Å². The Labute approximate surface area is 111 Å². The van der Waals surface area contributed by atoms with Gasteiger partial charge in [0.15, 0.2) is 0 Å². The molecule has 0 bridgehead atoms. The van der Waals surface area contributed by atoms with Crippen molar-refractivity contribution in [1.82, 2.24) is 5.32 Å². The molecule has 0 aliphatic heterocycles. The van der Waals surface area contributed by atoms with E-state index in [2.05, 4.69) is 5.32 Å². The lowest BCUT2D eigenvalue weighted by Crippen LogP contribution is -2.26. The van der Waals surface area contributed by atoms with Crippen LogP contribution in [0.15, 0.2) is 12.1 Å². The van der Waals surface area contributed by atoms with Crippen LogP contribution in [-0.2, 0) is 4.79 Å². The summed E-state index contributed by atoms with van der Waals surface area (Å²) in [5, 5.41) is 2.96. The smallest absolute Gasteiger partial charge is 0.220 e. The number of nitrogens with one attached hydrogen (secondary N) is 1. The van der Waals surface area contributed by atoms with E-state index in [1.165, 1.54) is 11.3 Å². The largest absolute Gasteiger partial charge is 0.349 e. The highest BCUT2D eigenvalue weighted by molar-refractivity contribution is 7.16. The number of rotatable bonds is 6. The van der Waals surface area contributed by atoms with Crippen molar-refractivity contribution in [3.63, 3.8) is 0 Å². The summed E-state index contributed by atoms with van der Waals surface area (Å²) in [6.45, 7) is 3.92. The number of amides is 1. The molecule has 96 valence electrons. The van der Waals surface area contributed by atoms with E-state index in [0.717, 1.165) is 22.1 Å². The molecule has 1 aromatic rings. The van der Waals surface area contributed by atoms with Gasteiger partial charge in [0, 0.05) is 17.3 Å². The van der Waals surface area contributed by atoms with Crippen LogP contribution >= 0.6 is 22.9 Å². The third kappa shape index (κ3) is 5.52. The van der Waals surface area contributed by atoms with Gasteiger partial charge in [0.05, 0.1) is 10.4 Å². The number of hydrogen-bond acceptors (Lipinski definition) is 3. The Bertz CT molecular complexity index is 365. The summed E-state index contributed by atoms with van der Waals surface area (Å²) in [6, 6.07) is 3.98. The van der Waals surface area contributed by atoms with Crippen LogP contribution in [0.1, 0.15) is 44.0 Å². The average Bonchev–Trinajstić information content (AvgIpc) is 2.64. The lowest BCUT2D eigenvalue weighted by molar-refractivity contribution is -0.121. The van der Waals surface area contributed by atoms with E-state index in [1.54, 1.807) is 0 Å². The third-order valence-electron chi connectivity index (χ3n) is 2.46. The van der Waals surface area contributed by atoms with Gasteiger partial charge in [-0.15, -0.1) is 11.3 Å². The van der Waals surface area contributed by atoms with Gasteiger partial charge in [-0.25, -0.2) is 0 Å². The summed E-state index contributed by atoms with van der Waals surface area (Å²) < 4.78 is 0.748. The van der Waals surface area contributed by atoms with E-state index in [-0.39, 0.29) is 18.0 Å². The van der Waals surface area contributed by atoms with Gasteiger partial charge in [-0.2, -0.15) is 0 Å². The van der Waals surface area contributed by atoms with E-state index >= 15 is 0 Å². The van der Waals surface area contributed by atoms with Gasteiger partial charge in [0.2, 0.25) is 5.91 Å². The minimum Gasteiger partial charge on any atom is -0.349 e. The van der Waals surface area contributed by atoms with Crippen molar-refractivity contribution in [2.75, 3.05) is 0 Å². The van der Waals surface area contributed by atoms with Crippen LogP contribution in [0.4, 0.5) is 0 Å². The van der Waals surface area contributed by atoms with Crippen molar-refractivity contribution in [2.24, 2.45) is 5.73 Å². The van der Waals surface area contributed by atoms with E-state index in [1.807, 2.05) is 26.0 Å². The fourth-order valence-corrected chi connectivity index (χ4v) is 2.59. The number of carbonyl (C=O) groups excluding carboxylic acids is 1. The van der Waals surface area contributed by atoms with Crippen LogP contribution in [0.25, 0.3) is 0 Å². The Hall–Kier alpha value is -0.580. The van der Waals surface area contributed by atoms with Gasteiger partial charge < -0.3 is 11.1 Å². The van der Waals surface area contributed by atoms with Crippen molar-refractivity contribution in [3.8, 4) is 0 Å². The zero-order chi connectivity index (χ0) is 12.8. The number of hydrogen-bond donors (Lipinski definition) is 2. The SMILES string of the molecule is CC(N)CCCC(=O)NC(C)c1ccc(Cl)s1. The number of halogens is 1. The molecular formula is C12H19ClN2OS. The number of carbonyl (C=O) groups is 1. The molecule has 3 nitrogen and oxygen atoms in total. The second-order valence-corrected chi connectivity index (χ2v) is 6.05. The zero-order valence-electron chi connectivity index (χ0n) is 10.2. The monoisotopic (exact) mass is 274 g/mol. The highest BCUT2D eigenvalue weighted by Gasteiger charge is 2.11. The minimum absolute atomic E-state index is 0.0234.